The van der Waals surface area contributed by atoms with E-state index in [2.05, 4.69) is 159 Å². The second-order valence-electron chi connectivity index (χ2n) is 28.9. The molecule has 13 rings (SSSR count). The highest BCUT2D eigenvalue weighted by molar-refractivity contribution is 6.52. The van der Waals surface area contributed by atoms with Gasteiger partial charge in [-0.15, -0.1) is 10.2 Å². The van der Waals surface area contributed by atoms with Crippen LogP contribution in [0.2, 0.25) is 0 Å². The van der Waals surface area contributed by atoms with Gasteiger partial charge in [0.15, 0.2) is 24.8 Å². The molecule has 8 bridgehead atoms. The molecule has 6 heterocycles. The predicted molar refractivity (Wildman–Crippen MR) is 384 cm³/mol. The van der Waals surface area contributed by atoms with Crippen molar-refractivity contribution in [2.45, 2.75) is 131 Å². The normalized spacial score (nSPS) is 13.6. The van der Waals surface area contributed by atoms with Crippen molar-refractivity contribution in [3.8, 4) is 23.0 Å². The monoisotopic (exact) mass is 1590 g/mol. The molecule has 0 spiro atoms. The topological polar surface area (TPSA) is 203 Å². The third-order valence-electron chi connectivity index (χ3n) is 18.9. The highest BCUT2D eigenvalue weighted by atomic mass is 127. The van der Waals surface area contributed by atoms with E-state index in [1.807, 2.05) is 74.0 Å². The number of halogens is 2. The van der Waals surface area contributed by atoms with Crippen molar-refractivity contribution < 1.29 is 96.0 Å². The summed E-state index contributed by atoms with van der Waals surface area (Å²) in [6.45, 7) is 18.5. The van der Waals surface area contributed by atoms with Crippen LogP contribution in [0.25, 0.3) is 24.3 Å². The van der Waals surface area contributed by atoms with Crippen LogP contribution in [0.5, 0.6) is 23.0 Å². The molecule has 2 amide bonds. The molecule has 10 aromatic rings. The lowest BCUT2D eigenvalue weighted by Gasteiger charge is -2.26. The molecule has 2 N–H and O–H groups in total. The van der Waals surface area contributed by atoms with Crippen LogP contribution in [0.15, 0.2) is 146 Å². The molecule has 0 saturated carbocycles. The van der Waals surface area contributed by atoms with E-state index in [0.717, 1.165) is 66.8 Å². The number of fused-ring (bicyclic) bond motifs is 10. The van der Waals surface area contributed by atoms with Crippen molar-refractivity contribution in [2.75, 3.05) is 23.0 Å². The number of benzene rings is 6. The summed E-state index contributed by atoms with van der Waals surface area (Å²) in [7, 11) is 3.98. The van der Waals surface area contributed by atoms with Gasteiger partial charge in [0.25, 0.3) is 23.4 Å². The van der Waals surface area contributed by atoms with Crippen LogP contribution >= 0.6 is 0 Å². The number of carbonyl (C=O) groups excluding carboxylic acids is 4. The lowest BCUT2D eigenvalue weighted by molar-refractivity contribution is -0.671. The number of phenolic OH excluding ortho intramolecular Hbond substituents is 2. The van der Waals surface area contributed by atoms with Gasteiger partial charge in [-0.3, -0.25) is 38.3 Å². The Hall–Kier alpha value is -9.68. The summed E-state index contributed by atoms with van der Waals surface area (Å²) in [5.74, 6) is -0.624. The quantitative estimate of drug-likeness (QED) is 0.0406. The smallest absolute Gasteiger partial charge is 0.299 e. The van der Waals surface area contributed by atoms with Crippen molar-refractivity contribution in [1.29, 1.82) is 0 Å². The fourth-order valence-corrected chi connectivity index (χ4v) is 13.3. The molecule has 1 aliphatic carbocycles. The third-order valence-corrected chi connectivity index (χ3v) is 18.9. The molecule has 0 unspecified atom stereocenters. The minimum atomic E-state index is -0.592. The van der Waals surface area contributed by atoms with Gasteiger partial charge in [0.1, 0.15) is 48.5 Å². The van der Waals surface area contributed by atoms with Gasteiger partial charge in [-0.05, 0) is 151 Å². The summed E-state index contributed by atoms with van der Waals surface area (Å²) < 4.78 is 21.7. The second kappa shape index (κ2) is 30.5. The Bertz CT molecular complexity index is 4540. The van der Waals surface area contributed by atoms with Crippen LogP contribution in [0.3, 0.4) is 0 Å². The molecular formula is C82H84I2N10O8. The minimum absolute atomic E-state index is 0. The third kappa shape index (κ3) is 16.3. The van der Waals surface area contributed by atoms with E-state index < -0.39 is 23.4 Å². The maximum absolute atomic E-state index is 13.2. The molecule has 4 aromatic heterocycles. The number of Topliss-reactive ketones (excluding diaryl/α,β-unsaturated/α-hetero) is 2. The molecule has 0 saturated heterocycles. The predicted octanol–water partition coefficient (Wildman–Crippen LogP) is 6.56. The van der Waals surface area contributed by atoms with Gasteiger partial charge in [0.2, 0.25) is 0 Å². The molecule has 6 aromatic carbocycles. The maximum atomic E-state index is 13.2. The number of rotatable bonds is 18. The van der Waals surface area contributed by atoms with Crippen LogP contribution in [-0.4, -0.2) is 76.8 Å². The molecule has 524 valence electrons. The highest BCUT2D eigenvalue weighted by Crippen LogP contribution is 2.43. The number of aromatic nitrogens is 8. The molecule has 2 aliphatic heterocycles. The number of hydrogen-bond donors (Lipinski definition) is 2. The van der Waals surface area contributed by atoms with E-state index in [0.29, 0.717) is 93.6 Å². The second-order valence-corrected chi connectivity index (χ2v) is 28.9. The first-order valence-corrected chi connectivity index (χ1v) is 34.1. The van der Waals surface area contributed by atoms with Crippen LogP contribution in [0.1, 0.15) is 176 Å². The Kier molecular flexibility index (Phi) is 22.0. The lowest BCUT2D eigenvalue weighted by Crippen LogP contribution is -3.00. The zero-order valence-electron chi connectivity index (χ0n) is 59.2. The summed E-state index contributed by atoms with van der Waals surface area (Å²) in [6, 6.07) is 36.2. The number of hydrogen-bond acceptors (Lipinski definition) is 12. The number of carbonyl (C=O) groups is 4. The average molecular weight is 1590 g/mol. The Morgan fingerprint density at radius 3 is 1.13 bits per heavy atom. The fourth-order valence-electron chi connectivity index (χ4n) is 13.3. The van der Waals surface area contributed by atoms with Gasteiger partial charge in [0.05, 0.1) is 61.2 Å². The summed E-state index contributed by atoms with van der Waals surface area (Å²) in [5.41, 5.74) is 16.3. The van der Waals surface area contributed by atoms with Gasteiger partial charge in [0, 0.05) is 75.9 Å². The Labute approximate surface area is 629 Å². The Balaban J connectivity index is 0.00000523. The van der Waals surface area contributed by atoms with Crippen LogP contribution in [0.4, 0.5) is 11.4 Å². The standard InChI is InChI=1S/C82H82N10O8.2HI/c1-51-13-19-71-69(33-51)75(95)79(97)91(71)49-67-47-89(85-83-67)25-11-31-99-77-61-39-57-35-55(17-15-53-21-27-87(9)28-22-53)37-59(73(57)93)41-63-45-66(82(6,7)8)46-64(78(63)100-32-12-26-90-48-68(84-86-90)50-92-72-20-14-52(2)34-70(72)76(96)80(92)98)42-60-38-56(18-16-54-23-29-88(10)30-24-54)36-58(74(60)94)40-62(77)44-65(43-61)81(3,4)5;;/h13-24,27-30,33-38,43-48H,11-12,25-26,31-32,39-42,49-50H2,1-10H3;2*1H. The first kappa shape index (κ1) is 73.5. The minimum Gasteiger partial charge on any atom is -1.00 e. The van der Waals surface area contributed by atoms with Crippen molar-refractivity contribution in [3.05, 3.63) is 258 Å². The Morgan fingerprint density at radius 1 is 0.461 bits per heavy atom. The first-order valence-electron chi connectivity index (χ1n) is 34.1. The summed E-state index contributed by atoms with van der Waals surface area (Å²) in [4.78, 5) is 55.3. The molecule has 20 heteroatoms. The zero-order chi connectivity index (χ0) is 70.3. The van der Waals surface area contributed by atoms with Gasteiger partial charge < -0.3 is 67.6 Å². The summed E-state index contributed by atoms with van der Waals surface area (Å²) in [6.07, 6.45) is 22.2. The lowest BCUT2D eigenvalue weighted by atomic mass is 9.81. The number of phenols is 2. The largest absolute Gasteiger partial charge is 1.00 e. The number of aryl methyl sites for hydroxylation is 6. The molecular weight excluding hydrogens is 1510 g/mol. The van der Waals surface area contributed by atoms with E-state index in [1.54, 1.807) is 46.0 Å². The molecule has 0 fully saturated rings. The number of ether oxygens (including phenoxy) is 2. The van der Waals surface area contributed by atoms with Gasteiger partial charge >= 0.3 is 0 Å². The van der Waals surface area contributed by atoms with Gasteiger partial charge in [-0.25, -0.2) is 9.13 Å². The van der Waals surface area contributed by atoms with Crippen molar-refractivity contribution in [1.82, 2.24) is 30.0 Å². The molecule has 3 aliphatic rings. The number of anilines is 2. The van der Waals surface area contributed by atoms with Crippen molar-refractivity contribution in [2.24, 2.45) is 14.1 Å². The average Bonchev–Trinajstić information content (AvgIpc) is 0.961. The molecule has 0 radical (unpaired) electrons. The van der Waals surface area contributed by atoms with Crippen LogP contribution in [0, 0.1) is 13.8 Å². The Morgan fingerprint density at radius 2 is 0.794 bits per heavy atom. The molecule has 0 atom stereocenters. The summed E-state index contributed by atoms with van der Waals surface area (Å²) in [5, 5.41) is 43.9. The number of amides is 2. The number of ketones is 2. The van der Waals surface area contributed by atoms with Crippen LogP contribution < -0.4 is 76.4 Å². The summed E-state index contributed by atoms with van der Waals surface area (Å²) >= 11 is 0. The number of aromatic hydroxyl groups is 2. The maximum Gasteiger partial charge on any atom is 0.299 e. The van der Waals surface area contributed by atoms with E-state index in [9.17, 15) is 29.4 Å². The van der Waals surface area contributed by atoms with Crippen molar-refractivity contribution in [3.63, 3.8) is 0 Å². The van der Waals surface area contributed by atoms with E-state index in [4.69, 9.17) is 9.47 Å². The zero-order valence-corrected chi connectivity index (χ0v) is 63.5. The highest BCUT2D eigenvalue weighted by Gasteiger charge is 2.38. The fraction of sp³-hybridized carbons (Fsp3) is 0.293. The number of pyridine rings is 2. The van der Waals surface area contributed by atoms with E-state index in [1.165, 1.54) is 9.80 Å². The first-order chi connectivity index (χ1) is 47.8. The van der Waals surface area contributed by atoms with E-state index in [-0.39, 0.29) is 122 Å². The van der Waals surface area contributed by atoms with E-state index >= 15 is 0 Å². The molecule has 18 nitrogen and oxygen atoms in total. The number of nitrogens with zero attached hydrogens (tertiary/aromatic N) is 10. The van der Waals surface area contributed by atoms with Gasteiger partial charge in [-0.1, -0.05) is 124 Å². The van der Waals surface area contributed by atoms with Gasteiger partial charge in [-0.2, -0.15) is 0 Å². The SMILES string of the molecule is Cc1ccc2c(c1)C(=O)C(=O)N2Cc1cn(CCCOc2c3cc(C(C)(C)C)cc2Cc2cc(/C=C/c4cc[n+](C)cc4)cc(c2O)Cc2cc(C(C)(C)C)cc(c2OCCCn2cc(CN4C(=O)C(=O)c5cc(C)ccc54)nn2)Cc2cc(/C=C/c4cc[n+](C)cc4)cc(c2O)C3)nn1.[I-].[I-]. The molecule has 102 heavy (non-hydrogen) atoms. The van der Waals surface area contributed by atoms with Crippen molar-refractivity contribution >= 4 is 59.1 Å². The van der Waals surface area contributed by atoms with Crippen LogP contribution in [-0.2, 0) is 86.4 Å².